The van der Waals surface area contributed by atoms with E-state index in [0.29, 0.717) is 12.8 Å². The minimum Gasteiger partial charge on any atom is -0.393 e. The summed E-state index contributed by atoms with van der Waals surface area (Å²) in [5.74, 6) is 0. The molecule has 0 radical (unpaired) electrons. The molecule has 0 aromatic heterocycles. The van der Waals surface area contributed by atoms with E-state index in [1.165, 1.54) is 6.08 Å². The Labute approximate surface area is 42.5 Å². The summed E-state index contributed by atoms with van der Waals surface area (Å²) in [5.41, 5.74) is 0. The molecule has 0 spiro atoms. The molecule has 1 unspecified atom stereocenters. The topological polar surface area (TPSA) is 20.2 Å². The first-order chi connectivity index (χ1) is 3.27. The molecule has 0 aromatic rings. The fourth-order valence-electron chi connectivity index (χ4n) is 0.248. The highest BCUT2D eigenvalue weighted by molar-refractivity contribution is 4.73. The molecular formula is C5H9FO. The Kier molecular flexibility index (Phi) is 3.61. The lowest BCUT2D eigenvalue weighted by Gasteiger charge is -1.92. The van der Waals surface area contributed by atoms with Crippen molar-refractivity contribution in [1.82, 2.24) is 0 Å². The van der Waals surface area contributed by atoms with Crippen molar-refractivity contribution < 1.29 is 9.50 Å². The van der Waals surface area contributed by atoms with Crippen LogP contribution in [0.4, 0.5) is 4.39 Å². The summed E-state index contributed by atoms with van der Waals surface area (Å²) >= 11 is 0. The molecule has 0 fully saturated rings. The van der Waals surface area contributed by atoms with Crippen LogP contribution in [0.3, 0.4) is 0 Å². The quantitative estimate of drug-likeness (QED) is 0.558. The van der Waals surface area contributed by atoms with Gasteiger partial charge in [-0.1, -0.05) is 6.08 Å². The zero-order valence-electron chi connectivity index (χ0n) is 4.26. The van der Waals surface area contributed by atoms with Crippen molar-refractivity contribution in [2.24, 2.45) is 0 Å². The van der Waals surface area contributed by atoms with E-state index in [0.717, 1.165) is 0 Å². The highest BCUT2D eigenvalue weighted by Crippen LogP contribution is 1.89. The van der Waals surface area contributed by atoms with E-state index in [1.54, 1.807) is 6.92 Å². The number of hydrogen-bond donors (Lipinski definition) is 1. The van der Waals surface area contributed by atoms with E-state index in [2.05, 4.69) is 0 Å². The lowest BCUT2D eigenvalue weighted by Crippen LogP contribution is -1.94. The van der Waals surface area contributed by atoms with E-state index >= 15 is 0 Å². The summed E-state index contributed by atoms with van der Waals surface area (Å²) in [6, 6.07) is 0. The van der Waals surface area contributed by atoms with Crippen LogP contribution >= 0.6 is 0 Å². The van der Waals surface area contributed by atoms with Gasteiger partial charge < -0.3 is 5.11 Å². The van der Waals surface area contributed by atoms with Crippen molar-refractivity contribution >= 4 is 0 Å². The standard InChI is InChI=1S/C5H9FO/c1-5(7)3-2-4-6/h2,4-5,7H,3H2,1H3. The molecule has 0 bridgehead atoms. The van der Waals surface area contributed by atoms with Crippen molar-refractivity contribution in [2.75, 3.05) is 0 Å². The molecular weight excluding hydrogens is 95.1 g/mol. The van der Waals surface area contributed by atoms with Crippen LogP contribution in [0.15, 0.2) is 12.4 Å². The molecule has 1 atom stereocenters. The molecule has 0 rings (SSSR count). The van der Waals surface area contributed by atoms with Gasteiger partial charge in [-0.3, -0.25) is 0 Å². The van der Waals surface area contributed by atoms with Gasteiger partial charge in [0.15, 0.2) is 0 Å². The molecule has 0 saturated carbocycles. The van der Waals surface area contributed by atoms with Crippen molar-refractivity contribution in [1.29, 1.82) is 0 Å². The van der Waals surface area contributed by atoms with E-state index in [1.807, 2.05) is 0 Å². The smallest absolute Gasteiger partial charge is 0.0828 e. The minimum absolute atomic E-state index is 0.399. The van der Waals surface area contributed by atoms with E-state index in [9.17, 15) is 4.39 Å². The van der Waals surface area contributed by atoms with Crippen LogP contribution in [0.1, 0.15) is 13.3 Å². The average Bonchev–Trinajstić information content (AvgIpc) is 1.61. The van der Waals surface area contributed by atoms with Crippen LogP contribution in [0, 0.1) is 0 Å². The van der Waals surface area contributed by atoms with Gasteiger partial charge in [-0.25, -0.2) is 4.39 Å². The van der Waals surface area contributed by atoms with Crippen LogP contribution in [0.25, 0.3) is 0 Å². The largest absolute Gasteiger partial charge is 0.393 e. The van der Waals surface area contributed by atoms with Crippen molar-refractivity contribution in [3.63, 3.8) is 0 Å². The summed E-state index contributed by atoms with van der Waals surface area (Å²) in [7, 11) is 0. The Balaban J connectivity index is 2.97. The van der Waals surface area contributed by atoms with Gasteiger partial charge in [-0.2, -0.15) is 0 Å². The molecule has 2 heteroatoms. The Morgan fingerprint density at radius 1 is 1.86 bits per heavy atom. The van der Waals surface area contributed by atoms with Gasteiger partial charge in [-0.15, -0.1) is 0 Å². The third kappa shape index (κ3) is 5.63. The van der Waals surface area contributed by atoms with Crippen LogP contribution in [0.2, 0.25) is 0 Å². The van der Waals surface area contributed by atoms with Gasteiger partial charge in [0.2, 0.25) is 0 Å². The Hall–Kier alpha value is -0.370. The maximum Gasteiger partial charge on any atom is 0.0828 e. The lowest BCUT2D eigenvalue weighted by molar-refractivity contribution is 0.198. The maximum absolute atomic E-state index is 11.1. The van der Waals surface area contributed by atoms with Gasteiger partial charge in [0, 0.05) is 0 Å². The highest BCUT2D eigenvalue weighted by Gasteiger charge is 1.86. The minimum atomic E-state index is -0.424. The summed E-state index contributed by atoms with van der Waals surface area (Å²) in [5, 5.41) is 8.47. The molecule has 0 amide bonds. The number of hydrogen-bond acceptors (Lipinski definition) is 1. The fraction of sp³-hybridized carbons (Fsp3) is 0.600. The summed E-state index contributed by atoms with van der Waals surface area (Å²) in [6.07, 6.45) is 1.69. The van der Waals surface area contributed by atoms with E-state index in [4.69, 9.17) is 5.11 Å². The number of aliphatic hydroxyl groups is 1. The second-order valence-electron chi connectivity index (χ2n) is 1.45. The van der Waals surface area contributed by atoms with Gasteiger partial charge in [0.1, 0.15) is 0 Å². The van der Waals surface area contributed by atoms with Gasteiger partial charge in [-0.05, 0) is 13.3 Å². The van der Waals surface area contributed by atoms with Gasteiger partial charge >= 0.3 is 0 Å². The third-order valence-corrected chi connectivity index (χ3v) is 0.566. The lowest BCUT2D eigenvalue weighted by atomic mass is 10.3. The predicted molar refractivity (Wildman–Crippen MR) is 26.5 cm³/mol. The van der Waals surface area contributed by atoms with Crippen LogP contribution < -0.4 is 0 Å². The summed E-state index contributed by atoms with van der Waals surface area (Å²) in [6.45, 7) is 1.61. The zero-order valence-corrected chi connectivity index (χ0v) is 4.26. The molecule has 42 valence electrons. The Bertz CT molecular complexity index is 59.1. The molecule has 0 heterocycles. The van der Waals surface area contributed by atoms with Gasteiger partial charge in [0.05, 0.1) is 12.4 Å². The second kappa shape index (κ2) is 3.81. The van der Waals surface area contributed by atoms with Crippen molar-refractivity contribution in [2.45, 2.75) is 19.4 Å². The van der Waals surface area contributed by atoms with Crippen LogP contribution in [-0.4, -0.2) is 11.2 Å². The first-order valence-corrected chi connectivity index (χ1v) is 2.20. The van der Waals surface area contributed by atoms with Crippen molar-refractivity contribution in [3.8, 4) is 0 Å². The Morgan fingerprint density at radius 3 is 2.57 bits per heavy atom. The molecule has 0 aliphatic heterocycles. The highest BCUT2D eigenvalue weighted by atomic mass is 19.1. The molecule has 1 N–H and O–H groups in total. The monoisotopic (exact) mass is 104 g/mol. The number of aliphatic hydroxyl groups excluding tert-OH is 1. The first kappa shape index (κ1) is 6.63. The summed E-state index contributed by atoms with van der Waals surface area (Å²) < 4.78 is 11.1. The third-order valence-electron chi connectivity index (χ3n) is 0.566. The zero-order chi connectivity index (χ0) is 5.70. The Morgan fingerprint density at radius 2 is 2.43 bits per heavy atom. The second-order valence-corrected chi connectivity index (χ2v) is 1.45. The van der Waals surface area contributed by atoms with E-state index in [-0.39, 0.29) is 0 Å². The van der Waals surface area contributed by atoms with Crippen LogP contribution in [0.5, 0.6) is 0 Å². The molecule has 1 nitrogen and oxygen atoms in total. The molecule has 7 heavy (non-hydrogen) atoms. The maximum atomic E-state index is 11.1. The molecule has 0 aromatic carbocycles. The number of halogens is 1. The SMILES string of the molecule is CC(O)CC=CF. The molecule has 0 aliphatic rings. The fourth-order valence-corrected chi connectivity index (χ4v) is 0.248. The average molecular weight is 104 g/mol. The first-order valence-electron chi connectivity index (χ1n) is 2.20. The number of rotatable bonds is 2. The molecule has 0 saturated heterocycles. The van der Waals surface area contributed by atoms with Gasteiger partial charge in [0.25, 0.3) is 0 Å². The van der Waals surface area contributed by atoms with Crippen LogP contribution in [-0.2, 0) is 0 Å². The van der Waals surface area contributed by atoms with Crippen molar-refractivity contribution in [3.05, 3.63) is 12.4 Å². The molecule has 0 aliphatic carbocycles. The predicted octanol–water partition coefficient (Wildman–Crippen LogP) is 1.24. The summed E-state index contributed by atoms with van der Waals surface area (Å²) in [4.78, 5) is 0. The van der Waals surface area contributed by atoms with E-state index < -0.39 is 6.10 Å². The normalized spacial score (nSPS) is 15.3.